The molecule has 0 aliphatic heterocycles. The fourth-order valence-corrected chi connectivity index (χ4v) is 2.94. The summed E-state index contributed by atoms with van der Waals surface area (Å²) in [6.45, 7) is 3.28. The third-order valence-corrected chi connectivity index (χ3v) is 4.27. The quantitative estimate of drug-likeness (QED) is 0.748. The summed E-state index contributed by atoms with van der Waals surface area (Å²) in [6, 6.07) is 0. The Bertz CT molecular complexity index is 326. The molecule has 0 saturated heterocycles. The van der Waals surface area contributed by atoms with Crippen molar-refractivity contribution in [3.05, 3.63) is 18.7 Å². The van der Waals surface area contributed by atoms with Crippen LogP contribution in [0.15, 0.2) is 18.7 Å². The number of likely N-dealkylation sites (N-methyl/N-ethyl adjacent to an activating group) is 1. The number of aromatic nitrogens is 2. The highest BCUT2D eigenvalue weighted by Gasteiger charge is 2.35. The predicted molar refractivity (Wildman–Crippen MR) is 74.6 cm³/mol. The summed E-state index contributed by atoms with van der Waals surface area (Å²) >= 11 is 0. The molecule has 0 amide bonds. The SMILES string of the molecule is CN(C)C1(CNCCCn2ccnc2)CCCC1. The van der Waals surface area contributed by atoms with Crippen molar-refractivity contribution in [1.82, 2.24) is 19.8 Å². The van der Waals surface area contributed by atoms with Gasteiger partial charge in [0.05, 0.1) is 6.33 Å². The summed E-state index contributed by atoms with van der Waals surface area (Å²) in [6.07, 6.45) is 12.4. The Morgan fingerprint density at radius 2 is 2.11 bits per heavy atom. The van der Waals surface area contributed by atoms with Gasteiger partial charge in [0.15, 0.2) is 0 Å². The molecule has 102 valence electrons. The average Bonchev–Trinajstić information content (AvgIpc) is 2.99. The second-order valence-electron chi connectivity index (χ2n) is 5.66. The maximum atomic E-state index is 4.05. The van der Waals surface area contributed by atoms with Crippen molar-refractivity contribution in [3.63, 3.8) is 0 Å². The lowest BCUT2D eigenvalue weighted by atomic mass is 9.96. The van der Waals surface area contributed by atoms with Crippen molar-refractivity contribution in [1.29, 1.82) is 0 Å². The van der Waals surface area contributed by atoms with Crippen LogP contribution in [0.4, 0.5) is 0 Å². The Morgan fingerprint density at radius 1 is 1.33 bits per heavy atom. The van der Waals surface area contributed by atoms with E-state index in [1.165, 1.54) is 32.1 Å². The van der Waals surface area contributed by atoms with Gasteiger partial charge >= 0.3 is 0 Å². The summed E-state index contributed by atoms with van der Waals surface area (Å²) in [4.78, 5) is 6.47. The van der Waals surface area contributed by atoms with Crippen LogP contribution in [0.1, 0.15) is 32.1 Å². The van der Waals surface area contributed by atoms with Gasteiger partial charge < -0.3 is 14.8 Å². The maximum Gasteiger partial charge on any atom is 0.0945 e. The molecule has 0 radical (unpaired) electrons. The van der Waals surface area contributed by atoms with Crippen LogP contribution in [0, 0.1) is 0 Å². The van der Waals surface area contributed by atoms with E-state index in [2.05, 4.69) is 33.9 Å². The second-order valence-corrected chi connectivity index (χ2v) is 5.66. The summed E-state index contributed by atoms with van der Waals surface area (Å²) in [5.41, 5.74) is 0.412. The molecule has 0 bridgehead atoms. The number of aryl methyl sites for hydroxylation is 1. The zero-order chi connectivity index (χ0) is 12.8. The summed E-state index contributed by atoms with van der Waals surface area (Å²) in [7, 11) is 4.44. The van der Waals surface area contributed by atoms with Gasteiger partial charge in [-0.3, -0.25) is 0 Å². The van der Waals surface area contributed by atoms with Crippen LogP contribution in [0.2, 0.25) is 0 Å². The van der Waals surface area contributed by atoms with Crippen LogP contribution in [0.5, 0.6) is 0 Å². The number of nitrogens with zero attached hydrogens (tertiary/aromatic N) is 3. The minimum atomic E-state index is 0.412. The fourth-order valence-electron chi connectivity index (χ4n) is 2.94. The highest BCUT2D eigenvalue weighted by Crippen LogP contribution is 2.32. The molecular formula is C14H26N4. The van der Waals surface area contributed by atoms with Gasteiger partial charge in [-0.15, -0.1) is 0 Å². The lowest BCUT2D eigenvalue weighted by molar-refractivity contribution is 0.154. The Kier molecular flexibility index (Phi) is 4.78. The van der Waals surface area contributed by atoms with Gasteiger partial charge in [-0.25, -0.2) is 4.98 Å². The third-order valence-electron chi connectivity index (χ3n) is 4.27. The molecule has 1 aromatic rings. The Hall–Kier alpha value is -0.870. The van der Waals surface area contributed by atoms with E-state index in [1.807, 2.05) is 18.7 Å². The molecule has 0 aromatic carbocycles. The van der Waals surface area contributed by atoms with Gasteiger partial charge in [0.1, 0.15) is 0 Å². The molecule has 1 aliphatic carbocycles. The minimum Gasteiger partial charge on any atom is -0.337 e. The first kappa shape index (κ1) is 13.6. The molecule has 2 rings (SSSR count). The minimum absolute atomic E-state index is 0.412. The number of rotatable bonds is 7. The molecule has 1 saturated carbocycles. The smallest absolute Gasteiger partial charge is 0.0945 e. The summed E-state index contributed by atoms with van der Waals surface area (Å²) < 4.78 is 2.14. The highest BCUT2D eigenvalue weighted by molar-refractivity contribution is 4.94. The molecule has 0 unspecified atom stereocenters. The second kappa shape index (κ2) is 6.34. The topological polar surface area (TPSA) is 33.1 Å². The first-order chi connectivity index (χ1) is 8.73. The molecule has 0 spiro atoms. The van der Waals surface area contributed by atoms with Crippen molar-refractivity contribution >= 4 is 0 Å². The maximum absolute atomic E-state index is 4.05. The molecule has 1 heterocycles. The number of nitrogens with one attached hydrogen (secondary N) is 1. The van der Waals surface area contributed by atoms with Crippen LogP contribution in [0.25, 0.3) is 0 Å². The molecule has 4 heteroatoms. The van der Waals surface area contributed by atoms with E-state index in [-0.39, 0.29) is 0 Å². The van der Waals surface area contributed by atoms with Crippen LogP contribution in [-0.4, -0.2) is 47.2 Å². The van der Waals surface area contributed by atoms with Gasteiger partial charge in [-0.1, -0.05) is 12.8 Å². The number of hydrogen-bond donors (Lipinski definition) is 1. The monoisotopic (exact) mass is 250 g/mol. The van der Waals surface area contributed by atoms with Crippen LogP contribution < -0.4 is 5.32 Å². The highest BCUT2D eigenvalue weighted by atomic mass is 15.2. The van der Waals surface area contributed by atoms with Crippen LogP contribution >= 0.6 is 0 Å². The van der Waals surface area contributed by atoms with E-state index in [9.17, 15) is 0 Å². The van der Waals surface area contributed by atoms with E-state index in [0.29, 0.717) is 5.54 Å². The van der Waals surface area contributed by atoms with E-state index < -0.39 is 0 Å². The first-order valence-electron chi connectivity index (χ1n) is 7.07. The lowest BCUT2D eigenvalue weighted by Gasteiger charge is -2.36. The van der Waals surface area contributed by atoms with E-state index in [0.717, 1.165) is 19.6 Å². The summed E-state index contributed by atoms with van der Waals surface area (Å²) in [5, 5.41) is 3.64. The molecule has 0 atom stereocenters. The van der Waals surface area contributed by atoms with Gasteiger partial charge in [0.25, 0.3) is 0 Å². The molecule has 1 aliphatic rings. The molecule has 18 heavy (non-hydrogen) atoms. The van der Waals surface area contributed by atoms with Crippen molar-refractivity contribution in [3.8, 4) is 0 Å². The molecule has 1 N–H and O–H groups in total. The van der Waals surface area contributed by atoms with E-state index in [4.69, 9.17) is 0 Å². The van der Waals surface area contributed by atoms with Crippen molar-refractivity contribution in [2.45, 2.75) is 44.2 Å². The first-order valence-corrected chi connectivity index (χ1v) is 7.07. The molecule has 4 nitrogen and oxygen atoms in total. The van der Waals surface area contributed by atoms with Gasteiger partial charge in [0.2, 0.25) is 0 Å². The molecule has 1 aromatic heterocycles. The van der Waals surface area contributed by atoms with E-state index >= 15 is 0 Å². The number of hydrogen-bond acceptors (Lipinski definition) is 3. The zero-order valence-corrected chi connectivity index (χ0v) is 11.7. The summed E-state index contributed by atoms with van der Waals surface area (Å²) in [5.74, 6) is 0. The normalized spacial score (nSPS) is 18.6. The van der Waals surface area contributed by atoms with Crippen LogP contribution in [0.3, 0.4) is 0 Å². The van der Waals surface area contributed by atoms with E-state index in [1.54, 1.807) is 0 Å². The van der Waals surface area contributed by atoms with Gasteiger partial charge in [-0.05, 0) is 39.9 Å². The fraction of sp³-hybridized carbons (Fsp3) is 0.786. The Morgan fingerprint density at radius 3 is 2.72 bits per heavy atom. The largest absolute Gasteiger partial charge is 0.337 e. The zero-order valence-electron chi connectivity index (χ0n) is 11.7. The lowest BCUT2D eigenvalue weighted by Crippen LogP contribution is -2.49. The van der Waals surface area contributed by atoms with Gasteiger partial charge in [-0.2, -0.15) is 0 Å². The Balaban J connectivity index is 1.65. The number of imidazole rings is 1. The third kappa shape index (κ3) is 3.33. The average molecular weight is 250 g/mol. The molecular weight excluding hydrogens is 224 g/mol. The van der Waals surface area contributed by atoms with Crippen molar-refractivity contribution in [2.24, 2.45) is 0 Å². The standard InChI is InChI=1S/C14H26N4/c1-17(2)14(6-3-4-7-14)12-15-8-5-10-18-11-9-16-13-18/h9,11,13,15H,3-8,10,12H2,1-2H3. The Labute approximate surface area is 110 Å². The van der Waals surface area contributed by atoms with Crippen molar-refractivity contribution < 1.29 is 0 Å². The molecule has 1 fully saturated rings. The van der Waals surface area contributed by atoms with Crippen molar-refractivity contribution in [2.75, 3.05) is 27.2 Å². The predicted octanol–water partition coefficient (Wildman–Crippen LogP) is 1.74. The van der Waals surface area contributed by atoms with Crippen LogP contribution in [-0.2, 0) is 6.54 Å². The van der Waals surface area contributed by atoms with Gasteiger partial charge in [0, 0.05) is 31.0 Å².